The molecule has 1 N–H and O–H groups in total. The zero-order valence-corrected chi connectivity index (χ0v) is 10.2. The number of hydrogen-bond acceptors (Lipinski definition) is 2. The van der Waals surface area contributed by atoms with E-state index in [1.807, 2.05) is 7.05 Å². The van der Waals surface area contributed by atoms with Crippen LogP contribution in [0.1, 0.15) is 5.56 Å². The molecule has 0 atom stereocenters. The van der Waals surface area contributed by atoms with Gasteiger partial charge in [-0.05, 0) is 25.7 Å². The maximum absolute atomic E-state index is 3.16. The Bertz CT molecular complexity index is 473. The van der Waals surface area contributed by atoms with Gasteiger partial charge in [0.05, 0.1) is 0 Å². The average Bonchev–Trinajstić information content (AvgIpc) is 2.57. The molecule has 3 nitrogen and oxygen atoms in total. The molecule has 0 unspecified atom stereocenters. The highest BCUT2D eigenvalue weighted by atomic mass is 15.2. The molecule has 16 heavy (non-hydrogen) atoms. The number of benzene rings is 1. The molecule has 0 aliphatic rings. The van der Waals surface area contributed by atoms with Crippen molar-refractivity contribution in [3.8, 4) is 0 Å². The van der Waals surface area contributed by atoms with Crippen LogP contribution in [-0.2, 0) is 13.6 Å². The van der Waals surface area contributed by atoms with Crippen LogP contribution in [0.2, 0.25) is 0 Å². The van der Waals surface area contributed by atoms with E-state index in [9.17, 15) is 0 Å². The van der Waals surface area contributed by atoms with Gasteiger partial charge in [-0.2, -0.15) is 0 Å². The van der Waals surface area contributed by atoms with Gasteiger partial charge in [-0.3, -0.25) is 4.90 Å². The molecule has 86 valence electrons. The van der Waals surface area contributed by atoms with Crippen molar-refractivity contribution in [1.29, 1.82) is 0 Å². The molecule has 0 saturated carbocycles. The van der Waals surface area contributed by atoms with E-state index in [1.54, 1.807) is 0 Å². The third-order valence-corrected chi connectivity index (χ3v) is 2.85. The van der Waals surface area contributed by atoms with Crippen LogP contribution in [0.5, 0.6) is 0 Å². The van der Waals surface area contributed by atoms with Crippen molar-refractivity contribution in [3.05, 3.63) is 36.0 Å². The molecule has 0 bridgehead atoms. The van der Waals surface area contributed by atoms with Gasteiger partial charge in [-0.15, -0.1) is 0 Å². The van der Waals surface area contributed by atoms with E-state index in [-0.39, 0.29) is 0 Å². The van der Waals surface area contributed by atoms with Crippen molar-refractivity contribution in [2.75, 3.05) is 20.8 Å². The molecule has 1 heterocycles. The first-order valence-corrected chi connectivity index (χ1v) is 5.58. The summed E-state index contributed by atoms with van der Waals surface area (Å²) in [4.78, 5) is 2.27. The standard InChI is InChI=1S/C13H19N3/c1-14-10-15(2)8-11-9-16(3)13-7-5-4-6-12(11)13/h4-7,9,14H,8,10H2,1-3H3. The number of hydrogen-bond donors (Lipinski definition) is 1. The molecule has 0 fully saturated rings. The number of fused-ring (bicyclic) bond motifs is 1. The SMILES string of the molecule is CNCN(C)Cc1cn(C)c2ccccc12. The number of aromatic nitrogens is 1. The Balaban J connectivity index is 2.31. The fourth-order valence-electron chi connectivity index (χ4n) is 2.17. The van der Waals surface area contributed by atoms with Crippen molar-refractivity contribution >= 4 is 10.9 Å². The van der Waals surface area contributed by atoms with Gasteiger partial charge in [-0.25, -0.2) is 0 Å². The highest BCUT2D eigenvalue weighted by Gasteiger charge is 2.07. The summed E-state index contributed by atoms with van der Waals surface area (Å²) in [6.45, 7) is 1.88. The van der Waals surface area contributed by atoms with E-state index in [1.165, 1.54) is 16.5 Å². The van der Waals surface area contributed by atoms with Crippen molar-refractivity contribution in [3.63, 3.8) is 0 Å². The Morgan fingerprint density at radius 3 is 2.81 bits per heavy atom. The number of rotatable bonds is 4. The van der Waals surface area contributed by atoms with E-state index in [0.717, 1.165) is 13.2 Å². The molecule has 2 aromatic rings. The highest BCUT2D eigenvalue weighted by Crippen LogP contribution is 2.20. The molecule has 2 rings (SSSR count). The summed E-state index contributed by atoms with van der Waals surface area (Å²) >= 11 is 0. The van der Waals surface area contributed by atoms with E-state index in [4.69, 9.17) is 0 Å². The normalized spacial score (nSPS) is 11.5. The Morgan fingerprint density at radius 2 is 2.06 bits per heavy atom. The minimum atomic E-state index is 0.906. The number of aryl methyl sites for hydroxylation is 1. The lowest BCUT2D eigenvalue weighted by molar-refractivity contribution is 0.311. The van der Waals surface area contributed by atoms with Crippen LogP contribution in [0.4, 0.5) is 0 Å². The molecule has 0 radical (unpaired) electrons. The second-order valence-electron chi connectivity index (χ2n) is 4.31. The quantitative estimate of drug-likeness (QED) is 0.788. The molecule has 3 heteroatoms. The predicted molar refractivity (Wildman–Crippen MR) is 68.3 cm³/mol. The molecular formula is C13H19N3. The van der Waals surface area contributed by atoms with E-state index in [0.29, 0.717) is 0 Å². The highest BCUT2D eigenvalue weighted by molar-refractivity contribution is 5.83. The molecule has 0 aliphatic heterocycles. The van der Waals surface area contributed by atoms with Crippen LogP contribution < -0.4 is 5.32 Å². The van der Waals surface area contributed by atoms with Gasteiger partial charge in [-0.1, -0.05) is 18.2 Å². The van der Waals surface area contributed by atoms with Gasteiger partial charge < -0.3 is 9.88 Å². The van der Waals surface area contributed by atoms with E-state index < -0.39 is 0 Å². The monoisotopic (exact) mass is 217 g/mol. The van der Waals surface area contributed by atoms with Crippen LogP contribution in [0.25, 0.3) is 10.9 Å². The Labute approximate surface area is 96.7 Å². The fraction of sp³-hybridized carbons (Fsp3) is 0.385. The van der Waals surface area contributed by atoms with Crippen molar-refractivity contribution in [1.82, 2.24) is 14.8 Å². The smallest absolute Gasteiger partial charge is 0.0481 e. The molecule has 0 amide bonds. The number of para-hydroxylation sites is 1. The number of nitrogens with one attached hydrogen (secondary N) is 1. The number of nitrogens with zero attached hydrogens (tertiary/aromatic N) is 2. The first kappa shape index (κ1) is 11.2. The van der Waals surface area contributed by atoms with Crippen LogP contribution in [0, 0.1) is 0 Å². The third kappa shape index (κ3) is 2.10. The molecule has 0 aliphatic carbocycles. The van der Waals surface area contributed by atoms with Gasteiger partial charge in [0.25, 0.3) is 0 Å². The summed E-state index contributed by atoms with van der Waals surface area (Å²) in [6.07, 6.45) is 2.22. The lowest BCUT2D eigenvalue weighted by atomic mass is 10.2. The summed E-state index contributed by atoms with van der Waals surface area (Å²) in [5, 5.41) is 4.52. The second-order valence-corrected chi connectivity index (χ2v) is 4.31. The van der Waals surface area contributed by atoms with Crippen molar-refractivity contribution < 1.29 is 0 Å². The molecule has 1 aromatic carbocycles. The summed E-state index contributed by atoms with van der Waals surface area (Å²) in [5.74, 6) is 0. The van der Waals surface area contributed by atoms with Crippen LogP contribution in [-0.4, -0.2) is 30.2 Å². The summed E-state index contributed by atoms with van der Waals surface area (Å²) < 4.78 is 2.19. The third-order valence-electron chi connectivity index (χ3n) is 2.85. The fourth-order valence-corrected chi connectivity index (χ4v) is 2.17. The summed E-state index contributed by atoms with van der Waals surface area (Å²) in [7, 11) is 6.20. The lowest BCUT2D eigenvalue weighted by Gasteiger charge is -2.14. The van der Waals surface area contributed by atoms with Crippen LogP contribution in [0.15, 0.2) is 30.5 Å². The average molecular weight is 217 g/mol. The van der Waals surface area contributed by atoms with E-state index in [2.05, 4.69) is 59.3 Å². The molecule has 1 aromatic heterocycles. The molecule has 0 spiro atoms. The second kappa shape index (κ2) is 4.68. The largest absolute Gasteiger partial charge is 0.350 e. The van der Waals surface area contributed by atoms with Gasteiger partial charge in [0.2, 0.25) is 0 Å². The predicted octanol–water partition coefficient (Wildman–Crippen LogP) is 1.79. The Morgan fingerprint density at radius 1 is 1.31 bits per heavy atom. The first-order chi connectivity index (χ1) is 7.72. The van der Waals surface area contributed by atoms with Gasteiger partial charge in [0.1, 0.15) is 0 Å². The van der Waals surface area contributed by atoms with Crippen LogP contribution >= 0.6 is 0 Å². The van der Waals surface area contributed by atoms with Gasteiger partial charge in [0, 0.05) is 37.4 Å². The zero-order valence-electron chi connectivity index (χ0n) is 10.2. The minimum absolute atomic E-state index is 0.906. The topological polar surface area (TPSA) is 20.2 Å². The molecule has 0 saturated heterocycles. The summed E-state index contributed by atoms with van der Waals surface area (Å²) in [6, 6.07) is 8.54. The maximum atomic E-state index is 3.16. The zero-order chi connectivity index (χ0) is 11.5. The van der Waals surface area contributed by atoms with Crippen molar-refractivity contribution in [2.45, 2.75) is 6.54 Å². The maximum Gasteiger partial charge on any atom is 0.0481 e. The Hall–Kier alpha value is -1.32. The van der Waals surface area contributed by atoms with E-state index >= 15 is 0 Å². The van der Waals surface area contributed by atoms with Gasteiger partial charge in [0.15, 0.2) is 0 Å². The summed E-state index contributed by atoms with van der Waals surface area (Å²) in [5.41, 5.74) is 2.69. The van der Waals surface area contributed by atoms with Crippen molar-refractivity contribution in [2.24, 2.45) is 7.05 Å². The Kier molecular flexibility index (Phi) is 3.27. The van der Waals surface area contributed by atoms with Crippen LogP contribution in [0.3, 0.4) is 0 Å². The minimum Gasteiger partial charge on any atom is -0.350 e. The van der Waals surface area contributed by atoms with Gasteiger partial charge >= 0.3 is 0 Å². The lowest BCUT2D eigenvalue weighted by Crippen LogP contribution is -2.27. The molecular weight excluding hydrogens is 198 g/mol. The first-order valence-electron chi connectivity index (χ1n) is 5.58.